The lowest BCUT2D eigenvalue weighted by Crippen LogP contribution is -2.42. The molecule has 0 atom stereocenters. The maximum Gasteiger partial charge on any atom is 0.261 e. The van der Waals surface area contributed by atoms with Crippen LogP contribution in [0, 0.1) is 0 Å². The molecule has 1 N–H and O–H groups in total. The van der Waals surface area contributed by atoms with Crippen LogP contribution in [0.4, 0.5) is 0 Å². The van der Waals surface area contributed by atoms with E-state index in [1.54, 1.807) is 23.2 Å². The SMILES string of the molecule is C=CCC(=C)C(=O)NN(CC=C)CC=C. The molecule has 0 saturated heterocycles. The van der Waals surface area contributed by atoms with Crippen molar-refractivity contribution in [1.82, 2.24) is 10.4 Å². The molecule has 0 saturated carbocycles. The molecular weight excluding hydrogens is 188 g/mol. The summed E-state index contributed by atoms with van der Waals surface area (Å²) < 4.78 is 0. The molecule has 0 aliphatic heterocycles. The molecule has 3 nitrogen and oxygen atoms in total. The Kier molecular flexibility index (Phi) is 6.93. The molecule has 0 bridgehead atoms. The van der Waals surface area contributed by atoms with Crippen molar-refractivity contribution >= 4 is 5.91 Å². The number of hydrogen-bond donors (Lipinski definition) is 1. The number of carbonyl (C=O) groups is 1. The van der Waals surface area contributed by atoms with Gasteiger partial charge < -0.3 is 0 Å². The first kappa shape index (κ1) is 13.4. The highest BCUT2D eigenvalue weighted by atomic mass is 16.2. The minimum Gasteiger partial charge on any atom is -0.284 e. The molecule has 0 rings (SSSR count). The van der Waals surface area contributed by atoms with Crippen LogP contribution in [0.1, 0.15) is 6.42 Å². The molecule has 3 heteroatoms. The molecule has 0 spiro atoms. The van der Waals surface area contributed by atoms with Gasteiger partial charge in [-0.1, -0.05) is 24.8 Å². The van der Waals surface area contributed by atoms with Gasteiger partial charge in [-0.15, -0.1) is 19.7 Å². The second-order valence-corrected chi connectivity index (χ2v) is 3.02. The number of carbonyl (C=O) groups excluding carboxylic acids is 1. The first-order valence-electron chi connectivity index (χ1n) is 4.72. The fourth-order valence-corrected chi connectivity index (χ4v) is 0.967. The number of rotatable bonds is 8. The Hall–Kier alpha value is -1.61. The third-order valence-corrected chi connectivity index (χ3v) is 1.67. The Labute approximate surface area is 91.4 Å². The third-order valence-electron chi connectivity index (χ3n) is 1.67. The van der Waals surface area contributed by atoms with Crippen LogP contribution in [0.5, 0.6) is 0 Å². The van der Waals surface area contributed by atoms with Crippen molar-refractivity contribution < 1.29 is 4.79 Å². The van der Waals surface area contributed by atoms with Crippen molar-refractivity contribution in [3.8, 4) is 0 Å². The van der Waals surface area contributed by atoms with Crippen molar-refractivity contribution in [3.63, 3.8) is 0 Å². The van der Waals surface area contributed by atoms with Crippen LogP contribution in [-0.2, 0) is 4.79 Å². The second kappa shape index (κ2) is 7.76. The number of hydrazine groups is 1. The first-order chi connectivity index (χ1) is 7.15. The third kappa shape index (κ3) is 5.65. The topological polar surface area (TPSA) is 32.3 Å². The Morgan fingerprint density at radius 2 is 1.67 bits per heavy atom. The van der Waals surface area contributed by atoms with Gasteiger partial charge in [-0.3, -0.25) is 10.2 Å². The Morgan fingerprint density at radius 1 is 1.13 bits per heavy atom. The average Bonchev–Trinajstić information content (AvgIpc) is 2.18. The van der Waals surface area contributed by atoms with E-state index in [9.17, 15) is 4.79 Å². The van der Waals surface area contributed by atoms with Crippen LogP contribution in [0.3, 0.4) is 0 Å². The summed E-state index contributed by atoms with van der Waals surface area (Å²) in [5.74, 6) is -0.196. The summed E-state index contributed by atoms with van der Waals surface area (Å²) in [4.78, 5) is 11.5. The largest absolute Gasteiger partial charge is 0.284 e. The Bertz CT molecular complexity index is 259. The highest BCUT2D eigenvalue weighted by Crippen LogP contribution is 1.98. The van der Waals surface area contributed by atoms with Gasteiger partial charge in [-0.05, 0) is 6.42 Å². The molecule has 0 aromatic carbocycles. The zero-order valence-corrected chi connectivity index (χ0v) is 9.04. The molecule has 0 aromatic rings. The van der Waals surface area contributed by atoms with Gasteiger partial charge in [0.15, 0.2) is 0 Å². The summed E-state index contributed by atoms with van der Waals surface area (Å²) in [6.07, 6.45) is 5.55. The van der Waals surface area contributed by atoms with Gasteiger partial charge >= 0.3 is 0 Å². The van der Waals surface area contributed by atoms with Crippen LogP contribution >= 0.6 is 0 Å². The Balaban J connectivity index is 4.19. The molecule has 0 heterocycles. The molecule has 15 heavy (non-hydrogen) atoms. The van der Waals surface area contributed by atoms with Crippen LogP contribution in [0.25, 0.3) is 0 Å². The molecule has 0 fully saturated rings. The highest BCUT2D eigenvalue weighted by Gasteiger charge is 2.08. The van der Waals surface area contributed by atoms with Gasteiger partial charge in [0, 0.05) is 18.7 Å². The molecule has 1 amide bonds. The number of allylic oxidation sites excluding steroid dienone is 1. The van der Waals surface area contributed by atoms with E-state index >= 15 is 0 Å². The standard InChI is InChI=1S/C12H18N2O/c1-5-8-11(4)12(15)13-14(9-6-2)10-7-3/h5-7H,1-4,8-10H2,(H,13,15). The highest BCUT2D eigenvalue weighted by molar-refractivity contribution is 5.92. The van der Waals surface area contributed by atoms with E-state index in [4.69, 9.17) is 0 Å². The molecule has 0 aliphatic rings. The summed E-state index contributed by atoms with van der Waals surface area (Å²) in [5, 5.41) is 1.70. The molecule has 82 valence electrons. The van der Waals surface area contributed by atoms with Crippen LogP contribution in [0.2, 0.25) is 0 Å². The quantitative estimate of drug-likeness (QED) is 0.373. The fraction of sp³-hybridized carbons (Fsp3) is 0.250. The Morgan fingerprint density at radius 3 is 2.07 bits per heavy atom. The average molecular weight is 206 g/mol. The van der Waals surface area contributed by atoms with Gasteiger partial charge in [0.25, 0.3) is 5.91 Å². The van der Waals surface area contributed by atoms with E-state index in [2.05, 4.69) is 31.7 Å². The summed E-state index contributed by atoms with van der Waals surface area (Å²) in [6.45, 7) is 15.6. The smallest absolute Gasteiger partial charge is 0.261 e. The van der Waals surface area contributed by atoms with Crippen molar-refractivity contribution in [2.45, 2.75) is 6.42 Å². The number of nitrogens with one attached hydrogen (secondary N) is 1. The minimum absolute atomic E-state index is 0.196. The second-order valence-electron chi connectivity index (χ2n) is 3.02. The lowest BCUT2D eigenvalue weighted by molar-refractivity contribution is -0.121. The van der Waals surface area contributed by atoms with Crippen LogP contribution in [0.15, 0.2) is 50.1 Å². The fourth-order valence-electron chi connectivity index (χ4n) is 0.967. The van der Waals surface area contributed by atoms with E-state index in [1.807, 2.05) is 0 Å². The normalized spacial score (nSPS) is 9.40. The molecular formula is C12H18N2O. The summed E-state index contributed by atoms with van der Waals surface area (Å²) in [7, 11) is 0. The molecule has 0 aliphatic carbocycles. The van der Waals surface area contributed by atoms with Crippen molar-refractivity contribution in [3.05, 3.63) is 50.1 Å². The number of hydrogen-bond acceptors (Lipinski definition) is 2. The predicted molar refractivity (Wildman–Crippen MR) is 64.1 cm³/mol. The predicted octanol–water partition coefficient (Wildman–Crippen LogP) is 1.82. The van der Waals surface area contributed by atoms with Crippen LogP contribution in [-0.4, -0.2) is 24.0 Å². The molecule has 0 unspecified atom stereocenters. The zero-order valence-electron chi connectivity index (χ0n) is 9.04. The van der Waals surface area contributed by atoms with Crippen molar-refractivity contribution in [2.75, 3.05) is 13.1 Å². The van der Waals surface area contributed by atoms with E-state index < -0.39 is 0 Å². The monoisotopic (exact) mass is 206 g/mol. The van der Waals surface area contributed by atoms with E-state index in [-0.39, 0.29) is 5.91 Å². The van der Waals surface area contributed by atoms with E-state index in [1.165, 1.54) is 0 Å². The summed E-state index contributed by atoms with van der Waals surface area (Å²) >= 11 is 0. The summed E-state index contributed by atoms with van der Waals surface area (Å²) in [5.41, 5.74) is 3.20. The van der Waals surface area contributed by atoms with Crippen LogP contribution < -0.4 is 5.43 Å². The maximum absolute atomic E-state index is 11.5. The van der Waals surface area contributed by atoms with E-state index in [0.29, 0.717) is 25.1 Å². The lowest BCUT2D eigenvalue weighted by Gasteiger charge is -2.20. The molecule has 0 aromatic heterocycles. The van der Waals surface area contributed by atoms with Gasteiger partial charge in [0.1, 0.15) is 0 Å². The maximum atomic E-state index is 11.5. The summed E-state index contributed by atoms with van der Waals surface area (Å²) in [6, 6.07) is 0. The lowest BCUT2D eigenvalue weighted by atomic mass is 10.2. The zero-order chi connectivity index (χ0) is 11.7. The van der Waals surface area contributed by atoms with Gasteiger partial charge in [-0.2, -0.15) is 0 Å². The number of nitrogens with zero attached hydrogens (tertiary/aromatic N) is 1. The number of amides is 1. The van der Waals surface area contributed by atoms with E-state index in [0.717, 1.165) is 0 Å². The minimum atomic E-state index is -0.196. The first-order valence-corrected chi connectivity index (χ1v) is 4.72. The van der Waals surface area contributed by atoms with Gasteiger partial charge in [-0.25, -0.2) is 5.01 Å². The van der Waals surface area contributed by atoms with Gasteiger partial charge in [0.05, 0.1) is 0 Å². The van der Waals surface area contributed by atoms with Crippen molar-refractivity contribution in [1.29, 1.82) is 0 Å². The van der Waals surface area contributed by atoms with Gasteiger partial charge in [0.2, 0.25) is 0 Å². The van der Waals surface area contributed by atoms with Crippen molar-refractivity contribution in [2.24, 2.45) is 0 Å². The molecule has 0 radical (unpaired) electrons.